The number of carbonyl (C=O) groups is 2. The van der Waals surface area contributed by atoms with Gasteiger partial charge >= 0.3 is 12.3 Å². The number of nitrogens with one attached hydrogen (secondary N) is 1. The van der Waals surface area contributed by atoms with E-state index in [1.165, 1.54) is 0 Å². The summed E-state index contributed by atoms with van der Waals surface area (Å²) in [5, 5.41) is 2.82. The summed E-state index contributed by atoms with van der Waals surface area (Å²) in [6.45, 7) is 1.26. The van der Waals surface area contributed by atoms with Gasteiger partial charge in [-0.25, -0.2) is 4.79 Å². The van der Waals surface area contributed by atoms with E-state index in [4.69, 9.17) is 16.3 Å². The zero-order valence-electron chi connectivity index (χ0n) is 13.4. The van der Waals surface area contributed by atoms with Crippen molar-refractivity contribution in [1.82, 2.24) is 0 Å². The lowest BCUT2D eigenvalue weighted by molar-refractivity contribution is -0.274. The van der Waals surface area contributed by atoms with Gasteiger partial charge in [-0.05, 0) is 48.9 Å². The molecule has 138 valence electrons. The summed E-state index contributed by atoms with van der Waals surface area (Å²) in [5.74, 6) is -1.95. The van der Waals surface area contributed by atoms with Crippen LogP contribution >= 0.6 is 11.6 Å². The molecule has 0 aliphatic carbocycles. The van der Waals surface area contributed by atoms with Crippen molar-refractivity contribution < 1.29 is 32.2 Å². The van der Waals surface area contributed by atoms with Crippen LogP contribution in [0.4, 0.5) is 18.9 Å². The Kier molecular flexibility index (Phi) is 6.10. The Morgan fingerprint density at radius 3 is 2.35 bits per heavy atom. The van der Waals surface area contributed by atoms with Gasteiger partial charge < -0.3 is 14.8 Å². The van der Waals surface area contributed by atoms with Crippen molar-refractivity contribution in [1.29, 1.82) is 0 Å². The number of hydrogen-bond donors (Lipinski definition) is 1. The van der Waals surface area contributed by atoms with Gasteiger partial charge in [-0.1, -0.05) is 17.7 Å². The van der Waals surface area contributed by atoms with Crippen LogP contribution in [-0.2, 0) is 9.53 Å². The van der Waals surface area contributed by atoms with E-state index < -0.39 is 30.6 Å². The van der Waals surface area contributed by atoms with Gasteiger partial charge in [0.2, 0.25) is 0 Å². The standard InChI is InChI=1S/C17H13ClF3NO4/c1-10-2-7-14(13(18)8-10)22-15(23)9-25-16(24)11-3-5-12(6-4-11)26-17(19,20)21/h2-8H,9H2,1H3,(H,22,23). The van der Waals surface area contributed by atoms with Crippen molar-refractivity contribution in [2.24, 2.45) is 0 Å². The molecular formula is C17H13ClF3NO4. The molecule has 2 aromatic rings. The first-order valence-electron chi connectivity index (χ1n) is 7.23. The average Bonchev–Trinajstić information content (AvgIpc) is 2.54. The number of aryl methyl sites for hydroxylation is 1. The van der Waals surface area contributed by atoms with E-state index in [-0.39, 0.29) is 5.56 Å². The minimum atomic E-state index is -4.82. The Balaban J connectivity index is 1.88. The van der Waals surface area contributed by atoms with Gasteiger partial charge in [-0.15, -0.1) is 13.2 Å². The van der Waals surface area contributed by atoms with Crippen LogP contribution in [0, 0.1) is 6.92 Å². The first-order valence-corrected chi connectivity index (χ1v) is 7.61. The third-order valence-corrected chi connectivity index (χ3v) is 3.37. The zero-order chi connectivity index (χ0) is 19.3. The number of hydrogen-bond acceptors (Lipinski definition) is 4. The second kappa shape index (κ2) is 8.09. The SMILES string of the molecule is Cc1ccc(NC(=O)COC(=O)c2ccc(OC(F)(F)F)cc2)c(Cl)c1. The molecular weight excluding hydrogens is 375 g/mol. The highest BCUT2D eigenvalue weighted by Gasteiger charge is 2.31. The first-order chi connectivity index (χ1) is 12.1. The third-order valence-electron chi connectivity index (χ3n) is 3.06. The van der Waals surface area contributed by atoms with Crippen LogP contribution in [0.5, 0.6) is 5.75 Å². The summed E-state index contributed by atoms with van der Waals surface area (Å²) < 4.78 is 44.7. The maximum atomic E-state index is 12.1. The highest BCUT2D eigenvalue weighted by atomic mass is 35.5. The Bertz CT molecular complexity index is 807. The number of anilines is 1. The molecule has 9 heteroatoms. The number of amides is 1. The fraction of sp³-hybridized carbons (Fsp3) is 0.176. The van der Waals surface area contributed by atoms with Crippen LogP contribution in [0.3, 0.4) is 0 Å². The van der Waals surface area contributed by atoms with Crippen molar-refractivity contribution in [3.05, 3.63) is 58.6 Å². The third kappa shape index (κ3) is 5.96. The van der Waals surface area contributed by atoms with Crippen molar-refractivity contribution in [2.75, 3.05) is 11.9 Å². The molecule has 2 aromatic carbocycles. The minimum Gasteiger partial charge on any atom is -0.452 e. The second-order valence-corrected chi connectivity index (χ2v) is 5.59. The Hall–Kier alpha value is -2.74. The van der Waals surface area contributed by atoms with E-state index in [0.717, 1.165) is 29.8 Å². The summed E-state index contributed by atoms with van der Waals surface area (Å²) in [4.78, 5) is 23.6. The fourth-order valence-corrected chi connectivity index (χ4v) is 2.20. The molecule has 0 radical (unpaired) electrons. The van der Waals surface area contributed by atoms with E-state index in [9.17, 15) is 22.8 Å². The second-order valence-electron chi connectivity index (χ2n) is 5.18. The first kappa shape index (κ1) is 19.6. The van der Waals surface area contributed by atoms with Crippen LogP contribution in [0.25, 0.3) is 0 Å². The van der Waals surface area contributed by atoms with Crippen molar-refractivity contribution in [2.45, 2.75) is 13.3 Å². The van der Waals surface area contributed by atoms with Crippen LogP contribution in [0.2, 0.25) is 5.02 Å². The van der Waals surface area contributed by atoms with Crippen molar-refractivity contribution in [3.8, 4) is 5.75 Å². The van der Waals surface area contributed by atoms with E-state index in [1.807, 2.05) is 6.92 Å². The lowest BCUT2D eigenvalue weighted by Gasteiger charge is -2.10. The molecule has 1 N–H and O–H groups in total. The summed E-state index contributed by atoms with van der Waals surface area (Å²) in [7, 11) is 0. The highest BCUT2D eigenvalue weighted by molar-refractivity contribution is 6.33. The van der Waals surface area contributed by atoms with Crippen LogP contribution < -0.4 is 10.1 Å². The number of halogens is 4. The molecule has 0 aliphatic rings. The van der Waals surface area contributed by atoms with Crippen LogP contribution in [-0.4, -0.2) is 24.8 Å². The maximum absolute atomic E-state index is 12.1. The van der Waals surface area contributed by atoms with Gasteiger partial charge in [0.25, 0.3) is 5.91 Å². The van der Waals surface area contributed by atoms with E-state index in [2.05, 4.69) is 10.1 Å². The molecule has 0 heterocycles. The van der Waals surface area contributed by atoms with Crippen molar-refractivity contribution in [3.63, 3.8) is 0 Å². The normalized spacial score (nSPS) is 11.0. The lowest BCUT2D eigenvalue weighted by atomic mass is 10.2. The molecule has 0 aromatic heterocycles. The maximum Gasteiger partial charge on any atom is 0.573 e. The Morgan fingerprint density at radius 1 is 1.12 bits per heavy atom. The highest BCUT2D eigenvalue weighted by Crippen LogP contribution is 2.23. The summed E-state index contributed by atoms with van der Waals surface area (Å²) in [5.41, 5.74) is 1.25. The van der Waals surface area contributed by atoms with E-state index >= 15 is 0 Å². The van der Waals surface area contributed by atoms with Gasteiger partial charge in [0, 0.05) is 0 Å². The minimum absolute atomic E-state index is 0.0271. The van der Waals surface area contributed by atoms with Gasteiger partial charge in [0.1, 0.15) is 5.75 Å². The molecule has 0 spiro atoms. The monoisotopic (exact) mass is 387 g/mol. The number of alkyl halides is 3. The summed E-state index contributed by atoms with van der Waals surface area (Å²) in [6.07, 6.45) is -4.82. The summed E-state index contributed by atoms with van der Waals surface area (Å²) >= 11 is 5.98. The Morgan fingerprint density at radius 2 is 1.77 bits per heavy atom. The van der Waals surface area contributed by atoms with Gasteiger partial charge in [0.15, 0.2) is 6.61 Å². The van der Waals surface area contributed by atoms with Gasteiger partial charge in [-0.2, -0.15) is 0 Å². The van der Waals surface area contributed by atoms with Gasteiger partial charge in [-0.3, -0.25) is 4.79 Å². The smallest absolute Gasteiger partial charge is 0.452 e. The quantitative estimate of drug-likeness (QED) is 0.775. The molecule has 0 atom stereocenters. The van der Waals surface area contributed by atoms with Crippen molar-refractivity contribution >= 4 is 29.2 Å². The molecule has 1 amide bonds. The fourth-order valence-electron chi connectivity index (χ4n) is 1.91. The molecule has 5 nitrogen and oxygen atoms in total. The topological polar surface area (TPSA) is 64.6 Å². The largest absolute Gasteiger partial charge is 0.573 e. The van der Waals surface area contributed by atoms with Gasteiger partial charge in [0.05, 0.1) is 16.3 Å². The zero-order valence-corrected chi connectivity index (χ0v) is 14.1. The molecule has 2 rings (SSSR count). The molecule has 0 bridgehead atoms. The van der Waals surface area contributed by atoms with E-state index in [0.29, 0.717) is 10.7 Å². The molecule has 0 unspecified atom stereocenters. The molecule has 26 heavy (non-hydrogen) atoms. The molecule has 0 saturated heterocycles. The van der Waals surface area contributed by atoms with E-state index in [1.54, 1.807) is 18.2 Å². The molecule has 0 saturated carbocycles. The average molecular weight is 388 g/mol. The molecule has 0 fully saturated rings. The predicted molar refractivity (Wildman–Crippen MR) is 88.2 cm³/mol. The Labute approximate surface area is 151 Å². The van der Waals surface area contributed by atoms with Crippen LogP contribution in [0.15, 0.2) is 42.5 Å². The number of esters is 1. The number of carbonyl (C=O) groups excluding carboxylic acids is 2. The van der Waals surface area contributed by atoms with Crippen LogP contribution in [0.1, 0.15) is 15.9 Å². The predicted octanol–water partition coefficient (Wildman–Crippen LogP) is 4.34. The molecule has 0 aliphatic heterocycles. The lowest BCUT2D eigenvalue weighted by Crippen LogP contribution is -2.21. The number of benzene rings is 2. The number of rotatable bonds is 5. The number of ether oxygens (including phenoxy) is 2. The summed E-state index contributed by atoms with van der Waals surface area (Å²) in [6, 6.07) is 9.14.